The quantitative estimate of drug-likeness (QED) is 0.866. The largest absolute Gasteiger partial charge is 0.454 e. The zero-order valence-corrected chi connectivity index (χ0v) is 14.0. The Morgan fingerprint density at radius 2 is 1.75 bits per heavy atom. The third-order valence-electron chi connectivity index (χ3n) is 5.73. The molecule has 132 valence electrons. The average molecular weight is 334 g/mol. The minimum absolute atomic E-state index is 0.122. The first-order chi connectivity index (χ1) is 11.7. The second-order valence-electron chi connectivity index (χ2n) is 7.17. The number of likely N-dealkylation sites (tertiary alicyclic amines) is 1. The van der Waals surface area contributed by atoms with Gasteiger partial charge in [-0.1, -0.05) is 0 Å². The molecule has 2 saturated heterocycles. The highest BCUT2D eigenvalue weighted by atomic mass is 16.7. The molecule has 1 aromatic rings. The summed E-state index contributed by atoms with van der Waals surface area (Å²) >= 11 is 0. The van der Waals surface area contributed by atoms with Crippen LogP contribution in [0, 0.1) is 0 Å². The predicted molar refractivity (Wildman–Crippen MR) is 90.6 cm³/mol. The van der Waals surface area contributed by atoms with E-state index in [9.17, 15) is 10.2 Å². The molecule has 24 heavy (non-hydrogen) atoms. The van der Waals surface area contributed by atoms with Crippen molar-refractivity contribution in [1.82, 2.24) is 4.90 Å². The Balaban J connectivity index is 1.32. The molecule has 1 aromatic carbocycles. The molecule has 2 N–H and O–H groups in total. The molecule has 3 aliphatic heterocycles. The van der Waals surface area contributed by atoms with E-state index in [0.29, 0.717) is 25.7 Å². The standard InChI is InChI=1S/C18H26N2O4/c21-12-18(22)5-9-20(10-6-18)14-3-7-19(8-4-14)15-1-2-16-17(11-15)24-13-23-16/h1-2,11,14,21-22H,3-10,12-13H2. The molecule has 0 bridgehead atoms. The van der Waals surface area contributed by atoms with Gasteiger partial charge in [-0.3, -0.25) is 0 Å². The Morgan fingerprint density at radius 3 is 2.46 bits per heavy atom. The number of fused-ring (bicyclic) bond motifs is 1. The van der Waals surface area contributed by atoms with Gasteiger partial charge in [-0.25, -0.2) is 0 Å². The van der Waals surface area contributed by atoms with Crippen LogP contribution in [0.4, 0.5) is 5.69 Å². The van der Waals surface area contributed by atoms with Gasteiger partial charge in [0.2, 0.25) is 6.79 Å². The van der Waals surface area contributed by atoms with Crippen molar-refractivity contribution < 1.29 is 19.7 Å². The Labute approximate surface area is 142 Å². The number of aliphatic hydroxyl groups is 2. The Morgan fingerprint density at radius 1 is 1.04 bits per heavy atom. The van der Waals surface area contributed by atoms with E-state index in [1.165, 1.54) is 5.69 Å². The maximum absolute atomic E-state index is 10.2. The highest BCUT2D eigenvalue weighted by Crippen LogP contribution is 2.36. The van der Waals surface area contributed by atoms with Crippen LogP contribution in [0.15, 0.2) is 18.2 Å². The number of piperidine rings is 2. The number of ether oxygens (including phenoxy) is 2. The normalized spacial score (nSPS) is 24.3. The third-order valence-corrected chi connectivity index (χ3v) is 5.73. The van der Waals surface area contributed by atoms with Crippen LogP contribution in [0.25, 0.3) is 0 Å². The fraction of sp³-hybridized carbons (Fsp3) is 0.667. The van der Waals surface area contributed by atoms with E-state index in [1.807, 2.05) is 6.07 Å². The first-order valence-electron chi connectivity index (χ1n) is 8.89. The smallest absolute Gasteiger partial charge is 0.231 e. The maximum Gasteiger partial charge on any atom is 0.231 e. The second kappa shape index (κ2) is 6.43. The van der Waals surface area contributed by atoms with Crippen LogP contribution in [0.1, 0.15) is 25.7 Å². The lowest BCUT2D eigenvalue weighted by atomic mass is 9.90. The van der Waals surface area contributed by atoms with E-state index in [-0.39, 0.29) is 6.61 Å². The van der Waals surface area contributed by atoms with Crippen molar-refractivity contribution in [3.8, 4) is 11.5 Å². The van der Waals surface area contributed by atoms with Gasteiger partial charge in [0, 0.05) is 44.0 Å². The minimum Gasteiger partial charge on any atom is -0.454 e. The molecule has 0 unspecified atom stereocenters. The van der Waals surface area contributed by atoms with Gasteiger partial charge in [-0.15, -0.1) is 0 Å². The Hall–Kier alpha value is -1.50. The van der Waals surface area contributed by atoms with Gasteiger partial charge < -0.3 is 29.5 Å². The van der Waals surface area contributed by atoms with Crippen molar-refractivity contribution in [3.63, 3.8) is 0 Å². The van der Waals surface area contributed by atoms with Crippen LogP contribution < -0.4 is 14.4 Å². The summed E-state index contributed by atoms with van der Waals surface area (Å²) in [5.74, 6) is 1.67. The summed E-state index contributed by atoms with van der Waals surface area (Å²) in [7, 11) is 0. The molecule has 6 nitrogen and oxygen atoms in total. The monoisotopic (exact) mass is 334 g/mol. The number of aliphatic hydroxyl groups excluding tert-OH is 1. The highest BCUT2D eigenvalue weighted by molar-refractivity contribution is 5.57. The molecule has 0 radical (unpaired) electrons. The lowest BCUT2D eigenvalue weighted by Crippen LogP contribution is -2.52. The molecule has 0 atom stereocenters. The molecule has 3 heterocycles. The van der Waals surface area contributed by atoms with Gasteiger partial charge in [0.05, 0.1) is 12.2 Å². The van der Waals surface area contributed by atoms with E-state index in [1.54, 1.807) is 0 Å². The molecular weight excluding hydrogens is 308 g/mol. The molecule has 0 aliphatic carbocycles. The van der Waals surface area contributed by atoms with Gasteiger partial charge in [0.25, 0.3) is 0 Å². The minimum atomic E-state index is -0.857. The molecule has 6 heteroatoms. The van der Waals surface area contributed by atoms with Gasteiger partial charge in [0.1, 0.15) is 0 Å². The van der Waals surface area contributed by atoms with Crippen molar-refractivity contribution in [2.75, 3.05) is 44.5 Å². The van der Waals surface area contributed by atoms with Crippen molar-refractivity contribution in [3.05, 3.63) is 18.2 Å². The summed E-state index contributed by atoms with van der Waals surface area (Å²) in [5.41, 5.74) is 0.343. The Bertz CT molecular complexity index is 578. The molecular formula is C18H26N2O4. The van der Waals surface area contributed by atoms with Crippen LogP contribution in [0.2, 0.25) is 0 Å². The molecule has 0 aromatic heterocycles. The topological polar surface area (TPSA) is 65.4 Å². The van der Waals surface area contributed by atoms with Gasteiger partial charge in [-0.05, 0) is 37.8 Å². The average Bonchev–Trinajstić information content (AvgIpc) is 3.10. The van der Waals surface area contributed by atoms with Crippen molar-refractivity contribution in [1.29, 1.82) is 0 Å². The highest BCUT2D eigenvalue weighted by Gasteiger charge is 2.35. The zero-order valence-electron chi connectivity index (χ0n) is 14.0. The van der Waals surface area contributed by atoms with Crippen LogP contribution in [-0.2, 0) is 0 Å². The number of hydrogen-bond acceptors (Lipinski definition) is 6. The first kappa shape index (κ1) is 16.0. The molecule has 2 fully saturated rings. The van der Waals surface area contributed by atoms with E-state index < -0.39 is 5.60 Å². The van der Waals surface area contributed by atoms with E-state index in [2.05, 4.69) is 21.9 Å². The summed E-state index contributed by atoms with van der Waals surface area (Å²) in [4.78, 5) is 4.90. The van der Waals surface area contributed by atoms with Crippen molar-refractivity contribution in [2.45, 2.75) is 37.3 Å². The summed E-state index contributed by atoms with van der Waals surface area (Å²) in [6.45, 7) is 4.02. The number of nitrogens with zero attached hydrogens (tertiary/aromatic N) is 2. The number of anilines is 1. The fourth-order valence-electron chi connectivity index (χ4n) is 4.03. The van der Waals surface area contributed by atoms with Crippen LogP contribution in [-0.4, -0.2) is 66.3 Å². The lowest BCUT2D eigenvalue weighted by Gasteiger charge is -2.44. The molecule has 3 aliphatic rings. The number of benzene rings is 1. The number of hydrogen-bond donors (Lipinski definition) is 2. The second-order valence-corrected chi connectivity index (χ2v) is 7.17. The van der Waals surface area contributed by atoms with E-state index in [0.717, 1.165) is 50.5 Å². The zero-order chi connectivity index (χ0) is 16.6. The Kier molecular flexibility index (Phi) is 4.28. The molecule has 0 spiro atoms. The SMILES string of the molecule is OCC1(O)CCN(C2CCN(c3ccc4c(c3)OCO4)CC2)CC1. The number of rotatable bonds is 3. The van der Waals surface area contributed by atoms with E-state index >= 15 is 0 Å². The van der Waals surface area contributed by atoms with Gasteiger partial charge in [-0.2, -0.15) is 0 Å². The van der Waals surface area contributed by atoms with E-state index in [4.69, 9.17) is 9.47 Å². The molecule has 0 amide bonds. The summed E-state index contributed by atoms with van der Waals surface area (Å²) < 4.78 is 10.9. The van der Waals surface area contributed by atoms with Crippen LogP contribution >= 0.6 is 0 Å². The maximum atomic E-state index is 10.2. The van der Waals surface area contributed by atoms with Crippen molar-refractivity contribution in [2.24, 2.45) is 0 Å². The van der Waals surface area contributed by atoms with Gasteiger partial charge in [0.15, 0.2) is 11.5 Å². The molecule has 4 rings (SSSR count). The van der Waals surface area contributed by atoms with Crippen molar-refractivity contribution >= 4 is 5.69 Å². The summed E-state index contributed by atoms with van der Waals surface area (Å²) in [6, 6.07) is 6.75. The summed E-state index contributed by atoms with van der Waals surface area (Å²) in [5, 5.41) is 19.4. The predicted octanol–water partition coefficient (Wildman–Crippen LogP) is 1.20. The van der Waals surface area contributed by atoms with Gasteiger partial charge >= 0.3 is 0 Å². The summed E-state index contributed by atoms with van der Waals surface area (Å²) in [6.07, 6.45) is 3.61. The van der Waals surface area contributed by atoms with Crippen LogP contribution in [0.3, 0.4) is 0 Å². The fourth-order valence-corrected chi connectivity index (χ4v) is 4.03. The molecule has 0 saturated carbocycles. The van der Waals surface area contributed by atoms with Crippen LogP contribution in [0.5, 0.6) is 11.5 Å². The first-order valence-corrected chi connectivity index (χ1v) is 8.89. The third kappa shape index (κ3) is 3.06. The lowest BCUT2D eigenvalue weighted by molar-refractivity contribution is -0.0673.